The largest absolute Gasteiger partial charge is 0.443 e. The van der Waals surface area contributed by atoms with Crippen LogP contribution in [0.1, 0.15) is 22.7 Å². The highest BCUT2D eigenvalue weighted by Gasteiger charge is 2.16. The van der Waals surface area contributed by atoms with Crippen molar-refractivity contribution in [2.75, 3.05) is 0 Å². The molecule has 0 saturated carbocycles. The molecule has 10 heavy (non-hydrogen) atoms. The predicted octanol–water partition coefficient (Wildman–Crippen LogP) is 1.27. The molecule has 1 aliphatic carbocycles. The molecule has 0 bridgehead atoms. The van der Waals surface area contributed by atoms with E-state index in [-0.39, 0.29) is 5.78 Å². The number of fused-ring (bicyclic) bond motifs is 1. The minimum absolute atomic E-state index is 0.0336. The first-order valence-corrected chi connectivity index (χ1v) is 3.01. The quantitative estimate of drug-likeness (QED) is 0.538. The number of hydrogen-bond donors (Lipinski definition) is 0. The molecule has 0 spiro atoms. The van der Waals surface area contributed by atoms with Gasteiger partial charge < -0.3 is 4.42 Å². The number of aromatic nitrogens is 1. The van der Waals surface area contributed by atoms with Crippen LogP contribution in [0.2, 0.25) is 0 Å². The van der Waals surface area contributed by atoms with E-state index in [1.54, 1.807) is 12.2 Å². The lowest BCUT2D eigenvalue weighted by Gasteiger charge is -1.97. The number of allylic oxidation sites excluding steroid dienone is 1. The molecule has 0 N–H and O–H groups in total. The van der Waals surface area contributed by atoms with Crippen LogP contribution in [-0.4, -0.2) is 10.8 Å². The maximum absolute atomic E-state index is 11.0. The van der Waals surface area contributed by atoms with Crippen LogP contribution in [0.4, 0.5) is 0 Å². The van der Waals surface area contributed by atoms with Gasteiger partial charge in [0, 0.05) is 6.42 Å². The van der Waals surface area contributed by atoms with Gasteiger partial charge in [0.05, 0.1) is 0 Å². The molecular weight excluding hydrogens is 130 g/mol. The number of hydrogen-bond acceptors (Lipinski definition) is 3. The van der Waals surface area contributed by atoms with Gasteiger partial charge in [-0.2, -0.15) is 0 Å². The second-order valence-corrected chi connectivity index (χ2v) is 2.09. The van der Waals surface area contributed by atoms with Crippen molar-refractivity contribution in [2.24, 2.45) is 0 Å². The van der Waals surface area contributed by atoms with E-state index in [0.717, 1.165) is 0 Å². The summed E-state index contributed by atoms with van der Waals surface area (Å²) >= 11 is 0. The summed E-state index contributed by atoms with van der Waals surface area (Å²) in [5.74, 6) is 0.613. The van der Waals surface area contributed by atoms with Gasteiger partial charge in [0.2, 0.25) is 0 Å². The Morgan fingerprint density at radius 1 is 1.60 bits per heavy atom. The molecule has 50 valence electrons. The van der Waals surface area contributed by atoms with Gasteiger partial charge in [0.15, 0.2) is 23.6 Å². The van der Waals surface area contributed by atoms with Crippen LogP contribution in [0.25, 0.3) is 6.08 Å². The average molecular weight is 135 g/mol. The molecule has 1 aliphatic rings. The minimum atomic E-state index is 0.0336. The SMILES string of the molecule is O=C1CC=Cc2ocnc21. The van der Waals surface area contributed by atoms with Gasteiger partial charge in [0.1, 0.15) is 0 Å². The Morgan fingerprint density at radius 3 is 3.30 bits per heavy atom. The molecule has 0 aliphatic heterocycles. The van der Waals surface area contributed by atoms with Gasteiger partial charge in [0.25, 0.3) is 0 Å². The van der Waals surface area contributed by atoms with Crippen LogP contribution in [0.3, 0.4) is 0 Å². The number of nitrogens with zero attached hydrogens (tertiary/aromatic N) is 1. The van der Waals surface area contributed by atoms with Gasteiger partial charge in [-0.3, -0.25) is 4.79 Å². The van der Waals surface area contributed by atoms with Gasteiger partial charge in [-0.1, -0.05) is 6.08 Å². The van der Waals surface area contributed by atoms with Gasteiger partial charge in [-0.15, -0.1) is 0 Å². The summed E-state index contributed by atoms with van der Waals surface area (Å²) in [6.07, 6.45) is 5.28. The van der Waals surface area contributed by atoms with E-state index >= 15 is 0 Å². The van der Waals surface area contributed by atoms with E-state index in [2.05, 4.69) is 4.98 Å². The molecule has 2 rings (SSSR count). The third-order valence-corrected chi connectivity index (χ3v) is 1.43. The number of carbonyl (C=O) groups is 1. The van der Waals surface area contributed by atoms with E-state index < -0.39 is 0 Å². The highest BCUT2D eigenvalue weighted by molar-refractivity contribution is 5.99. The second-order valence-electron chi connectivity index (χ2n) is 2.09. The number of Topliss-reactive ketones (excluding diaryl/α,β-unsaturated/α-hetero) is 1. The minimum Gasteiger partial charge on any atom is -0.443 e. The Hall–Kier alpha value is -1.38. The smallest absolute Gasteiger partial charge is 0.188 e. The Kier molecular flexibility index (Phi) is 0.974. The van der Waals surface area contributed by atoms with Gasteiger partial charge in [-0.05, 0) is 6.08 Å². The second kappa shape index (κ2) is 1.80. The van der Waals surface area contributed by atoms with Crippen LogP contribution < -0.4 is 0 Å². The highest BCUT2D eigenvalue weighted by atomic mass is 16.3. The number of oxazole rings is 1. The van der Waals surface area contributed by atoms with Crippen LogP contribution in [0, 0.1) is 0 Å². The molecule has 3 nitrogen and oxygen atoms in total. The number of rotatable bonds is 0. The van der Waals surface area contributed by atoms with Crippen molar-refractivity contribution in [3.63, 3.8) is 0 Å². The molecular formula is C7H5NO2. The van der Waals surface area contributed by atoms with Crippen molar-refractivity contribution in [3.05, 3.63) is 23.9 Å². The molecule has 0 saturated heterocycles. The summed E-state index contributed by atoms with van der Waals surface area (Å²) in [5.41, 5.74) is 0.461. The lowest BCUT2D eigenvalue weighted by Crippen LogP contribution is -2.02. The average Bonchev–Trinajstić information content (AvgIpc) is 2.36. The van der Waals surface area contributed by atoms with Crippen LogP contribution in [-0.2, 0) is 0 Å². The molecule has 0 unspecified atom stereocenters. The summed E-state index contributed by atoms with van der Waals surface area (Å²) in [6.45, 7) is 0. The summed E-state index contributed by atoms with van der Waals surface area (Å²) in [5, 5.41) is 0. The fourth-order valence-corrected chi connectivity index (χ4v) is 0.953. The zero-order valence-electron chi connectivity index (χ0n) is 5.20. The fraction of sp³-hybridized carbons (Fsp3) is 0.143. The fourth-order valence-electron chi connectivity index (χ4n) is 0.953. The van der Waals surface area contributed by atoms with E-state index in [0.29, 0.717) is 17.9 Å². The lowest BCUT2D eigenvalue weighted by molar-refractivity contribution is 0.0989. The topological polar surface area (TPSA) is 43.1 Å². The molecule has 0 radical (unpaired) electrons. The van der Waals surface area contributed by atoms with Crippen LogP contribution >= 0.6 is 0 Å². The monoisotopic (exact) mass is 135 g/mol. The third kappa shape index (κ3) is 0.603. The van der Waals surface area contributed by atoms with E-state index in [1.807, 2.05) is 0 Å². The van der Waals surface area contributed by atoms with E-state index in [1.165, 1.54) is 6.39 Å². The maximum Gasteiger partial charge on any atom is 0.188 e. The standard InChI is InChI=1S/C7H5NO2/c9-5-2-1-3-6-7(5)8-4-10-6/h1,3-4H,2H2. The first-order chi connectivity index (χ1) is 4.88. The maximum atomic E-state index is 11.0. The Labute approximate surface area is 57.4 Å². The van der Waals surface area contributed by atoms with Crippen molar-refractivity contribution in [2.45, 2.75) is 6.42 Å². The first-order valence-electron chi connectivity index (χ1n) is 3.01. The molecule has 3 heteroatoms. The summed E-state index contributed by atoms with van der Waals surface area (Å²) in [4.78, 5) is 14.7. The Balaban J connectivity index is 2.62. The summed E-state index contributed by atoms with van der Waals surface area (Å²) < 4.78 is 4.91. The van der Waals surface area contributed by atoms with Crippen molar-refractivity contribution >= 4 is 11.9 Å². The number of carbonyl (C=O) groups excluding carboxylic acids is 1. The zero-order chi connectivity index (χ0) is 6.97. The third-order valence-electron chi connectivity index (χ3n) is 1.43. The molecule has 1 aromatic heterocycles. The first kappa shape index (κ1) is 5.41. The number of ketones is 1. The Bertz CT molecular complexity index is 298. The van der Waals surface area contributed by atoms with Crippen molar-refractivity contribution < 1.29 is 9.21 Å². The normalized spacial score (nSPS) is 15.4. The molecule has 0 aromatic carbocycles. The van der Waals surface area contributed by atoms with Crippen molar-refractivity contribution in [3.8, 4) is 0 Å². The predicted molar refractivity (Wildman–Crippen MR) is 34.5 cm³/mol. The lowest BCUT2D eigenvalue weighted by atomic mass is 10.1. The molecule has 0 amide bonds. The molecule has 1 aromatic rings. The van der Waals surface area contributed by atoms with Crippen LogP contribution in [0.15, 0.2) is 16.9 Å². The Morgan fingerprint density at radius 2 is 2.50 bits per heavy atom. The molecule has 0 atom stereocenters. The summed E-state index contributed by atoms with van der Waals surface area (Å²) in [7, 11) is 0. The molecule has 1 heterocycles. The van der Waals surface area contributed by atoms with Crippen LogP contribution in [0.5, 0.6) is 0 Å². The van der Waals surface area contributed by atoms with Gasteiger partial charge in [-0.25, -0.2) is 4.98 Å². The van der Waals surface area contributed by atoms with Crippen molar-refractivity contribution in [1.29, 1.82) is 0 Å². The summed E-state index contributed by atoms with van der Waals surface area (Å²) in [6, 6.07) is 0. The zero-order valence-corrected chi connectivity index (χ0v) is 5.20. The molecule has 0 fully saturated rings. The highest BCUT2D eigenvalue weighted by Crippen LogP contribution is 2.16. The van der Waals surface area contributed by atoms with E-state index in [4.69, 9.17) is 4.42 Å². The van der Waals surface area contributed by atoms with E-state index in [9.17, 15) is 4.79 Å². The van der Waals surface area contributed by atoms with Crippen molar-refractivity contribution in [1.82, 2.24) is 4.98 Å². The van der Waals surface area contributed by atoms with Gasteiger partial charge >= 0.3 is 0 Å².